The topological polar surface area (TPSA) is 50.3 Å². The van der Waals surface area contributed by atoms with Crippen molar-refractivity contribution in [1.82, 2.24) is 4.98 Å². The highest BCUT2D eigenvalue weighted by Crippen LogP contribution is 2.31. The zero-order valence-corrected chi connectivity index (χ0v) is 8.49. The molecular weight excluding hydrogens is 237 g/mol. The highest BCUT2D eigenvalue weighted by atomic mass is 19.4. The summed E-state index contributed by atoms with van der Waals surface area (Å²) in [6.07, 6.45) is -2.98. The van der Waals surface area contributed by atoms with Crippen LogP contribution in [0, 0.1) is 0 Å². The average molecular weight is 244 g/mol. The van der Waals surface area contributed by atoms with E-state index in [-0.39, 0.29) is 24.4 Å². The van der Waals surface area contributed by atoms with Gasteiger partial charge in [0.05, 0.1) is 30.4 Å². The summed E-state index contributed by atoms with van der Waals surface area (Å²) in [5.74, 6) is -0.816. The van der Waals surface area contributed by atoms with Gasteiger partial charge in [0, 0.05) is 6.20 Å². The number of Topliss-reactive ketones (excluding diaryl/α,β-unsaturated/α-hetero) is 1. The Hall–Kier alpha value is -1.92. The van der Waals surface area contributed by atoms with Crippen molar-refractivity contribution in [2.45, 2.75) is 12.6 Å². The first-order valence-corrected chi connectivity index (χ1v) is 4.72. The normalized spacial score (nSPS) is 16.8. The Kier molecular flexibility index (Phi) is 2.60. The maximum absolute atomic E-state index is 12.4. The minimum atomic E-state index is -4.52. The molecule has 1 aromatic heterocycles. The molecule has 4 nitrogen and oxygen atoms in total. The molecule has 2 heterocycles. The summed E-state index contributed by atoms with van der Waals surface area (Å²) in [6, 6.07) is 0.809. The highest BCUT2D eigenvalue weighted by molar-refractivity contribution is 6.14. The lowest BCUT2D eigenvalue weighted by Gasteiger charge is -2.15. The molecular formula is C10H7F3N2O2. The average Bonchev–Trinajstić information content (AvgIpc) is 2.57. The molecule has 7 heteroatoms. The fraction of sp³-hybridized carbons (Fsp3) is 0.300. The van der Waals surface area contributed by atoms with Crippen LogP contribution in [0.3, 0.4) is 0 Å². The Morgan fingerprint density at radius 1 is 1.24 bits per heavy atom. The predicted molar refractivity (Wildman–Crippen MR) is 51.2 cm³/mol. The van der Waals surface area contributed by atoms with Crippen molar-refractivity contribution in [3.05, 3.63) is 24.0 Å². The maximum atomic E-state index is 12.4. The number of carbonyl (C=O) groups excluding carboxylic acids is 2. The number of hydrogen-bond acceptors (Lipinski definition) is 3. The molecule has 1 fully saturated rings. The number of hydrogen-bond donors (Lipinski definition) is 0. The van der Waals surface area contributed by atoms with Crippen LogP contribution >= 0.6 is 0 Å². The van der Waals surface area contributed by atoms with E-state index in [1.165, 1.54) is 0 Å². The highest BCUT2D eigenvalue weighted by Gasteiger charge is 2.33. The van der Waals surface area contributed by atoms with Gasteiger partial charge >= 0.3 is 6.18 Å². The number of pyridine rings is 1. The molecule has 17 heavy (non-hydrogen) atoms. The number of anilines is 1. The second kappa shape index (κ2) is 3.83. The fourth-order valence-corrected chi connectivity index (χ4v) is 1.55. The van der Waals surface area contributed by atoms with Crippen LogP contribution in [0.1, 0.15) is 12.0 Å². The molecule has 1 saturated heterocycles. The third-order valence-electron chi connectivity index (χ3n) is 2.35. The van der Waals surface area contributed by atoms with Crippen LogP contribution in [0.15, 0.2) is 18.5 Å². The van der Waals surface area contributed by atoms with E-state index in [9.17, 15) is 22.8 Å². The standard InChI is InChI=1S/C10H7F3N2O2/c11-10(12,13)6-1-7(4-14-3-6)15-5-8(16)2-9(15)17/h1,3-4H,2,5H2. The van der Waals surface area contributed by atoms with Crippen molar-refractivity contribution >= 4 is 17.4 Å². The van der Waals surface area contributed by atoms with Crippen molar-refractivity contribution in [3.63, 3.8) is 0 Å². The van der Waals surface area contributed by atoms with Gasteiger partial charge in [0.25, 0.3) is 0 Å². The number of halogens is 3. The van der Waals surface area contributed by atoms with Crippen molar-refractivity contribution in [2.75, 3.05) is 11.4 Å². The minimum Gasteiger partial charge on any atom is -0.303 e. The smallest absolute Gasteiger partial charge is 0.303 e. The number of alkyl halides is 3. The first-order valence-electron chi connectivity index (χ1n) is 4.72. The van der Waals surface area contributed by atoms with Crippen LogP contribution < -0.4 is 4.90 Å². The summed E-state index contributed by atoms with van der Waals surface area (Å²) in [5.41, 5.74) is -0.946. The van der Waals surface area contributed by atoms with Gasteiger partial charge in [-0.05, 0) is 6.07 Å². The van der Waals surface area contributed by atoms with E-state index in [1.54, 1.807) is 0 Å². The third-order valence-corrected chi connectivity index (χ3v) is 2.35. The number of ketones is 1. The van der Waals surface area contributed by atoms with E-state index in [4.69, 9.17) is 0 Å². The fourth-order valence-electron chi connectivity index (χ4n) is 1.55. The van der Waals surface area contributed by atoms with E-state index in [0.29, 0.717) is 6.20 Å². The van der Waals surface area contributed by atoms with Crippen molar-refractivity contribution in [3.8, 4) is 0 Å². The van der Waals surface area contributed by atoms with E-state index >= 15 is 0 Å². The Morgan fingerprint density at radius 2 is 1.94 bits per heavy atom. The SMILES string of the molecule is O=C1CC(=O)N(c2cncc(C(F)(F)F)c2)C1. The van der Waals surface area contributed by atoms with Gasteiger partial charge in [0.1, 0.15) is 0 Å². The van der Waals surface area contributed by atoms with Gasteiger partial charge in [0.2, 0.25) is 5.91 Å². The molecule has 0 bridgehead atoms. The molecule has 0 unspecified atom stereocenters. The quantitative estimate of drug-likeness (QED) is 0.702. The van der Waals surface area contributed by atoms with Crippen LogP contribution in [0.4, 0.5) is 18.9 Å². The number of amides is 1. The molecule has 0 aromatic carbocycles. The molecule has 0 radical (unpaired) electrons. The van der Waals surface area contributed by atoms with Gasteiger partial charge in [-0.3, -0.25) is 14.6 Å². The number of carbonyl (C=O) groups is 2. The van der Waals surface area contributed by atoms with E-state index in [1.807, 2.05) is 0 Å². The predicted octanol–water partition coefficient (Wildman–Crippen LogP) is 1.41. The molecule has 1 amide bonds. The zero-order chi connectivity index (χ0) is 12.6. The Labute approximate surface area is 94.0 Å². The molecule has 0 aliphatic carbocycles. The second-order valence-corrected chi connectivity index (χ2v) is 3.62. The summed E-state index contributed by atoms with van der Waals surface area (Å²) >= 11 is 0. The molecule has 0 atom stereocenters. The first kappa shape index (κ1) is 11.6. The second-order valence-electron chi connectivity index (χ2n) is 3.62. The van der Waals surface area contributed by atoms with E-state index in [2.05, 4.69) is 4.98 Å². The molecule has 1 aliphatic heterocycles. The van der Waals surface area contributed by atoms with Crippen LogP contribution in [-0.4, -0.2) is 23.2 Å². The molecule has 2 rings (SSSR count). The first-order chi connectivity index (χ1) is 7.88. The molecule has 1 aliphatic rings. The zero-order valence-electron chi connectivity index (χ0n) is 8.49. The van der Waals surface area contributed by atoms with E-state index < -0.39 is 17.6 Å². The van der Waals surface area contributed by atoms with Crippen molar-refractivity contribution in [2.24, 2.45) is 0 Å². The Balaban J connectivity index is 2.34. The summed E-state index contributed by atoms with van der Waals surface area (Å²) < 4.78 is 37.3. The Morgan fingerprint density at radius 3 is 2.47 bits per heavy atom. The molecule has 90 valence electrons. The summed E-state index contributed by atoms with van der Waals surface area (Å²) in [7, 11) is 0. The largest absolute Gasteiger partial charge is 0.417 e. The van der Waals surface area contributed by atoms with E-state index in [0.717, 1.165) is 17.2 Å². The van der Waals surface area contributed by atoms with Gasteiger partial charge in [-0.15, -0.1) is 0 Å². The van der Waals surface area contributed by atoms with Crippen LogP contribution in [-0.2, 0) is 15.8 Å². The molecule has 0 N–H and O–H groups in total. The third kappa shape index (κ3) is 2.27. The van der Waals surface area contributed by atoms with Crippen molar-refractivity contribution < 1.29 is 22.8 Å². The van der Waals surface area contributed by atoms with Crippen LogP contribution in [0.25, 0.3) is 0 Å². The lowest BCUT2D eigenvalue weighted by molar-refractivity contribution is -0.137. The minimum absolute atomic E-state index is 0.00400. The van der Waals surface area contributed by atoms with Crippen LogP contribution in [0.2, 0.25) is 0 Å². The van der Waals surface area contributed by atoms with Gasteiger partial charge in [-0.2, -0.15) is 13.2 Å². The summed E-state index contributed by atoms with van der Waals surface area (Å²) in [5, 5.41) is 0. The lowest BCUT2D eigenvalue weighted by atomic mass is 10.2. The van der Waals surface area contributed by atoms with Crippen LogP contribution in [0.5, 0.6) is 0 Å². The monoisotopic (exact) mass is 244 g/mol. The van der Waals surface area contributed by atoms with Gasteiger partial charge in [-0.1, -0.05) is 0 Å². The van der Waals surface area contributed by atoms with Crippen molar-refractivity contribution in [1.29, 1.82) is 0 Å². The lowest BCUT2D eigenvalue weighted by Crippen LogP contribution is -2.25. The number of nitrogens with zero attached hydrogens (tertiary/aromatic N) is 2. The summed E-state index contributed by atoms with van der Waals surface area (Å²) in [6.45, 7) is -0.193. The number of aromatic nitrogens is 1. The number of rotatable bonds is 1. The molecule has 0 spiro atoms. The van der Waals surface area contributed by atoms with Gasteiger partial charge in [0.15, 0.2) is 5.78 Å². The Bertz CT molecular complexity index is 485. The molecule has 0 saturated carbocycles. The maximum Gasteiger partial charge on any atom is 0.417 e. The van der Waals surface area contributed by atoms with Gasteiger partial charge in [-0.25, -0.2) is 0 Å². The summed E-state index contributed by atoms with van der Waals surface area (Å²) in [4.78, 5) is 26.8. The van der Waals surface area contributed by atoms with Gasteiger partial charge < -0.3 is 4.90 Å². The molecule has 1 aromatic rings.